The van der Waals surface area contributed by atoms with Crippen LogP contribution in [0.15, 0.2) is 34.8 Å². The molecule has 39 heavy (non-hydrogen) atoms. The number of nitrogens with zero attached hydrogens (tertiary/aromatic N) is 1. The van der Waals surface area contributed by atoms with E-state index >= 15 is 0 Å². The number of carbonyl (C=O) groups excluding carboxylic acids is 3. The van der Waals surface area contributed by atoms with Crippen LogP contribution in [0.5, 0.6) is 5.75 Å². The fourth-order valence-corrected chi connectivity index (χ4v) is 6.38. The van der Waals surface area contributed by atoms with Crippen LogP contribution >= 0.6 is 0 Å². The van der Waals surface area contributed by atoms with Gasteiger partial charge in [-0.25, -0.2) is 0 Å². The lowest BCUT2D eigenvalue weighted by Gasteiger charge is -2.53. The van der Waals surface area contributed by atoms with Crippen molar-refractivity contribution in [1.82, 2.24) is 10.2 Å². The molecular formula is C28H37N3O8. The number of Topliss-reactive ketones (excluding diaryl/α,β-unsaturated/α-hetero) is 2. The molecule has 0 heterocycles. The zero-order valence-electron chi connectivity index (χ0n) is 22.9. The highest BCUT2D eigenvalue weighted by Gasteiger charge is 2.67. The summed E-state index contributed by atoms with van der Waals surface area (Å²) in [7, 11) is 2.99. The summed E-state index contributed by atoms with van der Waals surface area (Å²) in [4.78, 5) is 40.8. The smallest absolute Gasteiger partial charge is 0.255 e. The van der Waals surface area contributed by atoms with E-state index < -0.39 is 75.6 Å². The molecule has 3 aliphatic rings. The monoisotopic (exact) mass is 543 g/mol. The third-order valence-corrected chi connectivity index (χ3v) is 8.19. The van der Waals surface area contributed by atoms with Crippen molar-refractivity contribution in [2.45, 2.75) is 57.9 Å². The summed E-state index contributed by atoms with van der Waals surface area (Å²) in [5.41, 5.74) is 1.84. The minimum Gasteiger partial charge on any atom is -0.510 e. The van der Waals surface area contributed by atoms with E-state index in [9.17, 15) is 39.9 Å². The molecule has 0 radical (unpaired) electrons. The Morgan fingerprint density at radius 2 is 1.77 bits per heavy atom. The van der Waals surface area contributed by atoms with Crippen LogP contribution in [0.2, 0.25) is 0 Å². The van der Waals surface area contributed by atoms with Gasteiger partial charge in [-0.15, -0.1) is 0 Å². The van der Waals surface area contributed by atoms with Crippen LogP contribution in [-0.2, 0) is 16.1 Å². The topological polar surface area (TPSA) is 194 Å². The number of nitrogens with two attached hydrogens (primary N) is 1. The van der Waals surface area contributed by atoms with E-state index in [0.29, 0.717) is 17.7 Å². The molecule has 0 aliphatic heterocycles. The molecule has 11 nitrogen and oxygen atoms in total. The number of primary amides is 1. The van der Waals surface area contributed by atoms with Crippen LogP contribution in [0.4, 0.5) is 0 Å². The maximum atomic E-state index is 13.9. The molecule has 1 aromatic carbocycles. The number of fused-ring (bicyclic) bond motifs is 3. The van der Waals surface area contributed by atoms with Gasteiger partial charge in [0.15, 0.2) is 11.4 Å². The minimum absolute atomic E-state index is 0.0220. The number of aliphatic hydroxyl groups is 4. The summed E-state index contributed by atoms with van der Waals surface area (Å²) < 4.78 is 0. The summed E-state index contributed by atoms with van der Waals surface area (Å²) in [6.07, 6.45) is -1.61. The van der Waals surface area contributed by atoms with Gasteiger partial charge in [-0.2, -0.15) is 0 Å². The van der Waals surface area contributed by atoms with E-state index in [2.05, 4.69) is 5.32 Å². The highest BCUT2D eigenvalue weighted by molar-refractivity contribution is 6.25. The van der Waals surface area contributed by atoms with Crippen molar-refractivity contribution >= 4 is 17.5 Å². The van der Waals surface area contributed by atoms with E-state index in [1.807, 2.05) is 20.8 Å². The first-order valence-corrected chi connectivity index (χ1v) is 12.8. The molecule has 8 N–H and O–H groups in total. The molecule has 0 saturated heterocycles. The summed E-state index contributed by atoms with van der Waals surface area (Å²) in [5, 5.41) is 60.0. The second kappa shape index (κ2) is 9.44. The predicted molar refractivity (Wildman–Crippen MR) is 141 cm³/mol. The number of aliphatic hydroxyl groups excluding tert-OH is 3. The molecule has 0 saturated carbocycles. The largest absolute Gasteiger partial charge is 0.510 e. The summed E-state index contributed by atoms with van der Waals surface area (Å²) in [5.74, 6) is -8.91. The molecule has 1 amide bonds. The normalized spacial score (nSPS) is 30.8. The number of hydrogen-bond acceptors (Lipinski definition) is 10. The van der Waals surface area contributed by atoms with E-state index in [0.717, 1.165) is 0 Å². The lowest BCUT2D eigenvalue weighted by molar-refractivity contribution is -0.162. The van der Waals surface area contributed by atoms with E-state index in [4.69, 9.17) is 5.73 Å². The minimum atomic E-state index is -2.93. The lowest BCUT2D eigenvalue weighted by atomic mass is 9.55. The summed E-state index contributed by atoms with van der Waals surface area (Å²) in [6.45, 7) is 8.74. The Labute approximate surface area is 226 Å². The van der Waals surface area contributed by atoms with Crippen molar-refractivity contribution in [3.05, 3.63) is 51.5 Å². The Morgan fingerprint density at radius 1 is 1.15 bits per heavy atom. The highest BCUT2D eigenvalue weighted by Crippen LogP contribution is 2.55. The standard InChI is InChI=1S/C28H37N3O8/c1-11-13-8-7-12(9-30-10-27(2,3)4)20(32)15(13)21(33)16-14(11)22(34)18-19(31(5)6)23(35)17(26(29)38)25(37)28(18,39)24(16)36/h7-8,11,14,18-19,22,30,32,34-36,39H,9-10H2,1-6H3,(H2,29,38). The van der Waals surface area contributed by atoms with Crippen molar-refractivity contribution < 1.29 is 39.9 Å². The maximum absolute atomic E-state index is 13.9. The average molecular weight is 544 g/mol. The maximum Gasteiger partial charge on any atom is 0.255 e. The number of nitrogens with one attached hydrogen (secondary N) is 1. The van der Waals surface area contributed by atoms with Gasteiger partial charge in [-0.1, -0.05) is 39.8 Å². The van der Waals surface area contributed by atoms with Crippen LogP contribution in [0.25, 0.3) is 0 Å². The Hall–Kier alpha value is -3.25. The fraction of sp³-hybridized carbons (Fsp3) is 0.536. The van der Waals surface area contributed by atoms with Crippen molar-refractivity contribution in [3.63, 3.8) is 0 Å². The number of ketones is 2. The van der Waals surface area contributed by atoms with Crippen LogP contribution in [0.3, 0.4) is 0 Å². The fourth-order valence-electron chi connectivity index (χ4n) is 6.38. The number of amides is 1. The van der Waals surface area contributed by atoms with Gasteiger partial charge in [0, 0.05) is 30.1 Å². The van der Waals surface area contributed by atoms with Gasteiger partial charge in [0.05, 0.1) is 23.6 Å². The Kier molecular flexibility index (Phi) is 6.96. The second-order valence-corrected chi connectivity index (χ2v) is 12.3. The first-order chi connectivity index (χ1) is 18.0. The van der Waals surface area contributed by atoms with Gasteiger partial charge in [0.2, 0.25) is 5.78 Å². The third kappa shape index (κ3) is 4.15. The van der Waals surface area contributed by atoms with Crippen LogP contribution < -0.4 is 11.1 Å². The molecule has 3 aliphatic carbocycles. The van der Waals surface area contributed by atoms with Gasteiger partial charge in [0.1, 0.15) is 22.8 Å². The Bertz CT molecular complexity index is 1320. The molecular weight excluding hydrogens is 506 g/mol. The van der Waals surface area contributed by atoms with Gasteiger partial charge in [-0.05, 0) is 31.0 Å². The van der Waals surface area contributed by atoms with Crippen LogP contribution in [0, 0.1) is 17.3 Å². The number of hydrogen-bond donors (Lipinski definition) is 7. The van der Waals surface area contributed by atoms with Crippen molar-refractivity contribution in [2.75, 3.05) is 20.6 Å². The third-order valence-electron chi connectivity index (χ3n) is 8.19. The van der Waals surface area contributed by atoms with Crippen molar-refractivity contribution in [3.8, 4) is 5.75 Å². The zero-order valence-corrected chi connectivity index (χ0v) is 22.9. The Morgan fingerprint density at radius 3 is 2.31 bits per heavy atom. The van der Waals surface area contributed by atoms with Crippen LogP contribution in [-0.4, -0.2) is 86.3 Å². The van der Waals surface area contributed by atoms with E-state index in [-0.39, 0.29) is 23.3 Å². The summed E-state index contributed by atoms with van der Waals surface area (Å²) in [6, 6.07) is 2.08. The van der Waals surface area contributed by atoms with Gasteiger partial charge in [-0.3, -0.25) is 19.3 Å². The number of phenolic OH excluding ortho intramolecular Hbond substituents is 1. The molecule has 6 unspecified atom stereocenters. The molecule has 1 aromatic rings. The van der Waals surface area contributed by atoms with E-state index in [1.54, 1.807) is 19.1 Å². The molecule has 0 spiro atoms. The number of phenols is 1. The highest BCUT2D eigenvalue weighted by atomic mass is 16.4. The SMILES string of the molecule is CC1c2ccc(CNCC(C)(C)C)c(O)c2C(=O)C2=C(O)C3(O)C(=O)C(C(N)=O)=C(O)C(N(C)C)C3C(O)C21. The molecule has 6 atom stereocenters. The van der Waals surface area contributed by atoms with Gasteiger partial charge < -0.3 is 36.6 Å². The molecule has 0 bridgehead atoms. The average Bonchev–Trinajstić information content (AvgIpc) is 2.81. The van der Waals surface area contributed by atoms with E-state index in [1.165, 1.54) is 19.0 Å². The molecule has 11 heteroatoms. The second-order valence-electron chi connectivity index (χ2n) is 12.3. The predicted octanol–water partition coefficient (Wildman–Crippen LogP) is 0.788. The van der Waals surface area contributed by atoms with Gasteiger partial charge >= 0.3 is 0 Å². The Balaban J connectivity index is 1.90. The number of likely N-dealkylation sites (N-methyl/N-ethyl adjacent to an activating group) is 1. The van der Waals surface area contributed by atoms with Crippen molar-refractivity contribution in [1.29, 1.82) is 0 Å². The number of aromatic hydroxyl groups is 1. The summed E-state index contributed by atoms with van der Waals surface area (Å²) >= 11 is 0. The first kappa shape index (κ1) is 28.8. The van der Waals surface area contributed by atoms with Gasteiger partial charge in [0.25, 0.3) is 5.91 Å². The lowest BCUT2D eigenvalue weighted by Crippen LogP contribution is -2.68. The number of benzene rings is 1. The van der Waals surface area contributed by atoms with Crippen LogP contribution in [0.1, 0.15) is 55.1 Å². The molecule has 212 valence electrons. The van der Waals surface area contributed by atoms with Crippen molar-refractivity contribution in [2.24, 2.45) is 23.0 Å². The quantitative estimate of drug-likeness (QED) is 0.261. The first-order valence-electron chi connectivity index (χ1n) is 12.8. The number of carbonyl (C=O) groups is 3. The molecule has 0 fully saturated rings. The molecule has 0 aromatic heterocycles. The zero-order chi connectivity index (χ0) is 29.4. The molecule has 4 rings (SSSR count). The number of rotatable bonds is 5.